The van der Waals surface area contributed by atoms with Gasteiger partial charge in [-0.05, 0) is 56.3 Å². The lowest BCUT2D eigenvalue weighted by Crippen LogP contribution is -2.37. The van der Waals surface area contributed by atoms with E-state index in [-0.39, 0.29) is 11.6 Å². The number of carbonyl (C=O) groups is 3. The van der Waals surface area contributed by atoms with E-state index in [0.717, 1.165) is 0 Å². The van der Waals surface area contributed by atoms with Crippen LogP contribution in [0.1, 0.15) is 30.2 Å². The molecule has 0 unspecified atom stereocenters. The van der Waals surface area contributed by atoms with Crippen molar-refractivity contribution in [3.05, 3.63) is 60.5 Å². The van der Waals surface area contributed by atoms with Crippen molar-refractivity contribution in [1.29, 1.82) is 0 Å². The highest BCUT2D eigenvalue weighted by Gasteiger charge is 2.21. The second kappa shape index (κ2) is 10.1. The fourth-order valence-corrected chi connectivity index (χ4v) is 3.32. The summed E-state index contributed by atoms with van der Waals surface area (Å²) >= 11 is 0. The topological polar surface area (TPSA) is 138 Å². The third-order valence-corrected chi connectivity index (χ3v) is 4.98. The maximum absolute atomic E-state index is 12.9. The van der Waals surface area contributed by atoms with Crippen LogP contribution < -0.4 is 15.4 Å². The van der Waals surface area contributed by atoms with Crippen LogP contribution in [0.5, 0.6) is 5.75 Å². The normalized spacial score (nSPS) is 10.9. The number of urea groups is 1. The third kappa shape index (κ3) is 5.29. The minimum Gasteiger partial charge on any atom is -0.497 e. The molecule has 180 valence electrons. The molecule has 0 spiro atoms. The van der Waals surface area contributed by atoms with Gasteiger partial charge in [0.05, 0.1) is 30.5 Å². The Hall–Kier alpha value is -4.67. The van der Waals surface area contributed by atoms with Gasteiger partial charge in [-0.15, -0.1) is 0 Å². The minimum atomic E-state index is -0.793. The lowest BCUT2D eigenvalue weighted by atomic mass is 10.1. The molecule has 0 aliphatic carbocycles. The Morgan fingerprint density at radius 3 is 2.57 bits per heavy atom. The van der Waals surface area contributed by atoms with Crippen LogP contribution in [-0.2, 0) is 9.53 Å². The first kappa shape index (κ1) is 23.5. The lowest BCUT2D eigenvalue weighted by molar-refractivity contribution is -0.123. The molecule has 35 heavy (non-hydrogen) atoms. The summed E-state index contributed by atoms with van der Waals surface area (Å²) in [6.07, 6.45) is 3.02. The molecule has 11 heteroatoms. The Labute approximate surface area is 200 Å². The molecular weight excluding hydrogens is 454 g/mol. The van der Waals surface area contributed by atoms with Gasteiger partial charge >= 0.3 is 12.0 Å². The predicted octanol–water partition coefficient (Wildman–Crippen LogP) is 3.79. The monoisotopic (exact) mass is 477 g/mol. The maximum atomic E-state index is 12.9. The molecule has 0 saturated carbocycles. The smallest absolute Gasteiger partial charge is 0.339 e. The average molecular weight is 477 g/mol. The Morgan fingerprint density at radius 2 is 1.91 bits per heavy atom. The first-order valence-corrected chi connectivity index (χ1v) is 10.7. The van der Waals surface area contributed by atoms with Crippen LogP contribution in [0.2, 0.25) is 0 Å². The van der Waals surface area contributed by atoms with Crippen molar-refractivity contribution in [3.8, 4) is 17.2 Å². The number of nitrogens with one attached hydrogen (secondary N) is 2. The Bertz CT molecular complexity index is 1360. The standard InChI is InChI=1S/C24H23N5O6/c1-14(2)29-22-18(12-25-29)17(11-19(27-22)20-5-4-10-34-20)23(31)35-13-21(30)28-24(32)26-15-6-8-16(33-3)9-7-15/h4-12,14H,13H2,1-3H3,(H2,26,28,30,32). The second-order valence-electron chi connectivity index (χ2n) is 7.76. The molecule has 0 atom stereocenters. The quantitative estimate of drug-likeness (QED) is 0.384. The van der Waals surface area contributed by atoms with Crippen LogP contribution in [0.15, 0.2) is 59.3 Å². The van der Waals surface area contributed by atoms with Crippen molar-refractivity contribution < 1.29 is 28.3 Å². The number of fused-ring (bicyclic) bond motifs is 1. The minimum absolute atomic E-state index is 0.00860. The molecule has 0 radical (unpaired) electrons. The first-order chi connectivity index (χ1) is 16.9. The zero-order chi connectivity index (χ0) is 24.9. The number of esters is 1. The first-order valence-electron chi connectivity index (χ1n) is 10.7. The van der Waals surface area contributed by atoms with Gasteiger partial charge in [0.2, 0.25) is 0 Å². The Morgan fingerprint density at radius 1 is 1.14 bits per heavy atom. The summed E-state index contributed by atoms with van der Waals surface area (Å²) < 4.78 is 17.3. The zero-order valence-corrected chi connectivity index (χ0v) is 19.3. The number of imide groups is 1. The van der Waals surface area contributed by atoms with E-state index in [1.165, 1.54) is 25.6 Å². The van der Waals surface area contributed by atoms with Crippen LogP contribution in [0.3, 0.4) is 0 Å². The summed E-state index contributed by atoms with van der Waals surface area (Å²) in [5.41, 5.74) is 1.52. The highest BCUT2D eigenvalue weighted by molar-refractivity contribution is 6.05. The molecule has 3 aromatic heterocycles. The summed E-state index contributed by atoms with van der Waals surface area (Å²) in [6.45, 7) is 3.22. The number of furan rings is 1. The van der Waals surface area contributed by atoms with Gasteiger partial charge in [0, 0.05) is 11.7 Å². The van der Waals surface area contributed by atoms with E-state index in [2.05, 4.69) is 20.7 Å². The molecule has 2 N–H and O–H groups in total. The zero-order valence-electron chi connectivity index (χ0n) is 19.3. The number of nitrogens with zero attached hydrogens (tertiary/aromatic N) is 3. The van der Waals surface area contributed by atoms with Crippen molar-refractivity contribution in [3.63, 3.8) is 0 Å². The van der Waals surface area contributed by atoms with Gasteiger partial charge in [0.25, 0.3) is 5.91 Å². The largest absolute Gasteiger partial charge is 0.497 e. The molecule has 11 nitrogen and oxygen atoms in total. The number of anilines is 1. The molecule has 0 saturated heterocycles. The molecule has 0 aliphatic heterocycles. The van der Waals surface area contributed by atoms with Crippen LogP contribution >= 0.6 is 0 Å². The van der Waals surface area contributed by atoms with E-state index in [4.69, 9.17) is 13.9 Å². The Kier molecular flexibility index (Phi) is 6.76. The molecule has 0 fully saturated rings. The summed E-state index contributed by atoms with van der Waals surface area (Å²) in [7, 11) is 1.53. The van der Waals surface area contributed by atoms with Crippen molar-refractivity contribution >= 4 is 34.6 Å². The lowest BCUT2D eigenvalue weighted by Gasteiger charge is -2.10. The number of pyridine rings is 1. The molecule has 4 aromatic rings. The fourth-order valence-electron chi connectivity index (χ4n) is 3.32. The number of hydrogen-bond acceptors (Lipinski definition) is 8. The summed E-state index contributed by atoms with van der Waals surface area (Å²) in [4.78, 5) is 41.7. The second-order valence-corrected chi connectivity index (χ2v) is 7.76. The van der Waals surface area contributed by atoms with Gasteiger partial charge in [-0.3, -0.25) is 10.1 Å². The SMILES string of the molecule is COc1ccc(NC(=O)NC(=O)COC(=O)c2cc(-c3ccco3)nc3c2cnn3C(C)C)cc1. The van der Waals surface area contributed by atoms with Gasteiger partial charge in [-0.2, -0.15) is 5.10 Å². The van der Waals surface area contributed by atoms with E-state index in [1.807, 2.05) is 13.8 Å². The molecular formula is C24H23N5O6. The van der Waals surface area contributed by atoms with E-state index >= 15 is 0 Å². The average Bonchev–Trinajstić information content (AvgIpc) is 3.52. The highest BCUT2D eigenvalue weighted by atomic mass is 16.5. The number of amides is 3. The van der Waals surface area contributed by atoms with Gasteiger partial charge in [0.1, 0.15) is 11.4 Å². The molecule has 3 heterocycles. The van der Waals surface area contributed by atoms with Crippen molar-refractivity contribution in [2.45, 2.75) is 19.9 Å². The van der Waals surface area contributed by atoms with E-state index in [1.54, 1.807) is 41.1 Å². The van der Waals surface area contributed by atoms with Gasteiger partial charge < -0.3 is 19.2 Å². The van der Waals surface area contributed by atoms with Gasteiger partial charge in [-0.25, -0.2) is 19.3 Å². The molecule has 1 aromatic carbocycles. The molecule has 4 rings (SSSR count). The van der Waals surface area contributed by atoms with E-state index < -0.39 is 24.5 Å². The molecule has 3 amide bonds. The number of aromatic nitrogens is 3. The summed E-state index contributed by atoms with van der Waals surface area (Å²) in [5.74, 6) is -0.471. The number of methoxy groups -OCH3 is 1. The number of ether oxygens (including phenoxy) is 2. The molecule has 0 bridgehead atoms. The number of benzene rings is 1. The Balaban J connectivity index is 1.45. The van der Waals surface area contributed by atoms with Crippen molar-refractivity contribution in [1.82, 2.24) is 20.1 Å². The van der Waals surface area contributed by atoms with E-state index in [9.17, 15) is 14.4 Å². The van der Waals surface area contributed by atoms with Crippen LogP contribution in [0, 0.1) is 0 Å². The molecule has 0 aliphatic rings. The number of carbonyl (C=O) groups excluding carboxylic acids is 3. The van der Waals surface area contributed by atoms with Crippen LogP contribution in [0.25, 0.3) is 22.5 Å². The third-order valence-electron chi connectivity index (χ3n) is 4.98. The summed E-state index contributed by atoms with van der Waals surface area (Å²) in [6, 6.07) is 10.7. The van der Waals surface area contributed by atoms with Gasteiger partial charge in [0.15, 0.2) is 18.0 Å². The van der Waals surface area contributed by atoms with Gasteiger partial charge in [-0.1, -0.05) is 0 Å². The van der Waals surface area contributed by atoms with Crippen molar-refractivity contribution in [2.24, 2.45) is 0 Å². The highest BCUT2D eigenvalue weighted by Crippen LogP contribution is 2.27. The van der Waals surface area contributed by atoms with Crippen molar-refractivity contribution in [2.75, 3.05) is 19.0 Å². The van der Waals surface area contributed by atoms with Crippen LogP contribution in [0.4, 0.5) is 10.5 Å². The maximum Gasteiger partial charge on any atom is 0.339 e. The summed E-state index contributed by atoms with van der Waals surface area (Å²) in [5, 5.41) is 9.41. The number of hydrogen-bond donors (Lipinski definition) is 2. The number of rotatable bonds is 7. The van der Waals surface area contributed by atoms with E-state index in [0.29, 0.717) is 33.9 Å². The predicted molar refractivity (Wildman–Crippen MR) is 126 cm³/mol. The fraction of sp³-hybridized carbons (Fsp3) is 0.208. The van der Waals surface area contributed by atoms with Crippen LogP contribution in [-0.4, -0.2) is 46.4 Å².